The fourth-order valence-electron chi connectivity index (χ4n) is 4.62. The van der Waals surface area contributed by atoms with Crippen molar-refractivity contribution in [3.8, 4) is 0 Å². The van der Waals surface area contributed by atoms with Crippen LogP contribution in [0.1, 0.15) is 43.6 Å². The molecule has 0 saturated carbocycles. The SMILES string of the molecule is COC(=O)c1[nH]c2ccccc2c1C(c1ccc([N+](=O)[O-])cc1)c1c(C(=O)O)[nH]c2ccccc12. The lowest BCUT2D eigenvalue weighted by Crippen LogP contribution is -2.13. The van der Waals surface area contributed by atoms with Crippen molar-refractivity contribution >= 4 is 39.4 Å². The lowest BCUT2D eigenvalue weighted by atomic mass is 9.81. The Morgan fingerprint density at radius 3 is 1.89 bits per heavy atom. The number of ether oxygens (including phenoxy) is 1. The van der Waals surface area contributed by atoms with Gasteiger partial charge in [-0.15, -0.1) is 0 Å². The molecular weight excluding hydrogens is 450 g/mol. The van der Waals surface area contributed by atoms with E-state index in [0.29, 0.717) is 38.5 Å². The number of hydrogen-bond donors (Lipinski definition) is 3. The van der Waals surface area contributed by atoms with Crippen molar-refractivity contribution < 1.29 is 24.4 Å². The molecule has 0 saturated heterocycles. The van der Waals surface area contributed by atoms with E-state index >= 15 is 0 Å². The average molecular weight is 469 g/mol. The fraction of sp³-hybridized carbons (Fsp3) is 0.0769. The molecule has 5 rings (SSSR count). The molecule has 0 aliphatic carbocycles. The van der Waals surface area contributed by atoms with Crippen molar-refractivity contribution in [2.45, 2.75) is 5.92 Å². The summed E-state index contributed by atoms with van der Waals surface area (Å²) in [6.45, 7) is 0. The van der Waals surface area contributed by atoms with E-state index in [1.165, 1.54) is 19.2 Å². The second kappa shape index (κ2) is 8.45. The summed E-state index contributed by atoms with van der Waals surface area (Å²) in [5.74, 6) is -2.54. The third-order valence-electron chi connectivity index (χ3n) is 6.11. The molecule has 174 valence electrons. The van der Waals surface area contributed by atoms with Crippen LogP contribution < -0.4 is 0 Å². The summed E-state index contributed by atoms with van der Waals surface area (Å²) in [6.07, 6.45) is 0. The number of methoxy groups -OCH3 is 1. The van der Waals surface area contributed by atoms with Gasteiger partial charge in [-0.25, -0.2) is 9.59 Å². The summed E-state index contributed by atoms with van der Waals surface area (Å²) >= 11 is 0. The van der Waals surface area contributed by atoms with Gasteiger partial charge in [-0.1, -0.05) is 48.5 Å². The molecule has 1 unspecified atom stereocenters. The predicted octanol–water partition coefficient (Wildman–Crippen LogP) is 5.22. The Morgan fingerprint density at radius 2 is 1.37 bits per heavy atom. The molecule has 3 aromatic carbocycles. The van der Waals surface area contributed by atoms with Gasteiger partial charge in [0.25, 0.3) is 5.69 Å². The second-order valence-corrected chi connectivity index (χ2v) is 8.00. The molecule has 35 heavy (non-hydrogen) atoms. The van der Waals surface area contributed by atoms with Crippen LogP contribution in [0.4, 0.5) is 5.69 Å². The first-order chi connectivity index (χ1) is 16.9. The standard InChI is InChI=1S/C26H19N3O6/c1-35-26(32)24-22(17-7-3-5-9-19(17)28-24)20(14-10-12-15(13-11-14)29(33)34)21-16-6-2-4-8-18(16)27-23(21)25(30)31/h2-13,20,27-28H,1H3,(H,30,31). The molecule has 9 nitrogen and oxygen atoms in total. The molecule has 2 heterocycles. The largest absolute Gasteiger partial charge is 0.477 e. The number of fused-ring (bicyclic) bond motifs is 2. The number of rotatable bonds is 6. The van der Waals surface area contributed by atoms with Crippen LogP contribution >= 0.6 is 0 Å². The van der Waals surface area contributed by atoms with E-state index in [-0.39, 0.29) is 17.1 Å². The van der Waals surface area contributed by atoms with Crippen molar-refractivity contribution in [2.75, 3.05) is 7.11 Å². The van der Waals surface area contributed by atoms with Crippen LogP contribution in [-0.4, -0.2) is 39.0 Å². The van der Waals surface area contributed by atoms with Crippen molar-refractivity contribution in [2.24, 2.45) is 0 Å². The van der Waals surface area contributed by atoms with Crippen LogP contribution in [0, 0.1) is 10.1 Å². The number of para-hydroxylation sites is 2. The van der Waals surface area contributed by atoms with Crippen LogP contribution in [0.5, 0.6) is 0 Å². The quantitative estimate of drug-likeness (QED) is 0.177. The van der Waals surface area contributed by atoms with E-state index in [9.17, 15) is 24.8 Å². The number of carboxylic acids is 1. The lowest BCUT2D eigenvalue weighted by molar-refractivity contribution is -0.384. The molecule has 0 aliphatic heterocycles. The number of aromatic amines is 2. The lowest BCUT2D eigenvalue weighted by Gasteiger charge is -2.20. The first-order valence-corrected chi connectivity index (χ1v) is 10.7. The van der Waals surface area contributed by atoms with Gasteiger partial charge in [-0.05, 0) is 17.7 Å². The van der Waals surface area contributed by atoms with Gasteiger partial charge >= 0.3 is 11.9 Å². The maximum Gasteiger partial charge on any atom is 0.354 e. The number of H-pyrrole nitrogens is 2. The van der Waals surface area contributed by atoms with Crippen molar-refractivity contribution in [3.63, 3.8) is 0 Å². The minimum atomic E-state index is -1.16. The summed E-state index contributed by atoms with van der Waals surface area (Å²) in [5.41, 5.74) is 2.88. The number of non-ortho nitro benzene ring substituents is 1. The molecule has 3 N–H and O–H groups in total. The van der Waals surface area contributed by atoms with Gasteiger partial charge in [0.2, 0.25) is 0 Å². The van der Waals surface area contributed by atoms with E-state index in [1.54, 1.807) is 36.4 Å². The number of carboxylic acid groups (broad SMARTS) is 1. The average Bonchev–Trinajstić information content (AvgIpc) is 3.44. The Hall–Kier alpha value is -4.92. The minimum Gasteiger partial charge on any atom is -0.477 e. The number of nitro groups is 1. The van der Waals surface area contributed by atoms with E-state index in [0.717, 1.165) is 0 Å². The van der Waals surface area contributed by atoms with Crippen LogP contribution in [0.15, 0.2) is 72.8 Å². The zero-order valence-corrected chi connectivity index (χ0v) is 18.4. The Morgan fingerprint density at radius 1 is 0.857 bits per heavy atom. The van der Waals surface area contributed by atoms with Gasteiger partial charge in [-0.3, -0.25) is 10.1 Å². The van der Waals surface area contributed by atoms with Crippen molar-refractivity contribution in [3.05, 3.63) is 111 Å². The van der Waals surface area contributed by atoms with E-state index in [1.807, 2.05) is 24.3 Å². The zero-order valence-electron chi connectivity index (χ0n) is 18.4. The first kappa shape index (κ1) is 21.9. The van der Waals surface area contributed by atoms with Gasteiger partial charge in [0.05, 0.1) is 12.0 Å². The van der Waals surface area contributed by atoms with Crippen LogP contribution in [0.3, 0.4) is 0 Å². The molecule has 0 aliphatic rings. The highest BCUT2D eigenvalue weighted by Gasteiger charge is 2.33. The smallest absolute Gasteiger partial charge is 0.354 e. The number of aromatic carboxylic acids is 1. The minimum absolute atomic E-state index is 0.0318. The molecule has 0 amide bonds. The van der Waals surface area contributed by atoms with Gasteiger partial charge in [0.15, 0.2) is 0 Å². The number of nitrogens with one attached hydrogen (secondary N) is 2. The Labute approximate surface area is 198 Å². The fourth-order valence-corrected chi connectivity index (χ4v) is 4.62. The molecule has 1 atom stereocenters. The van der Waals surface area contributed by atoms with Crippen LogP contribution in [0.2, 0.25) is 0 Å². The number of benzene rings is 3. The number of carbonyl (C=O) groups excluding carboxylic acids is 1. The summed E-state index contributed by atoms with van der Waals surface area (Å²) < 4.78 is 5.04. The monoisotopic (exact) mass is 469 g/mol. The van der Waals surface area contributed by atoms with Gasteiger partial charge in [0.1, 0.15) is 11.4 Å². The van der Waals surface area contributed by atoms with Gasteiger partial charge < -0.3 is 19.8 Å². The number of nitro benzene ring substituents is 1. The van der Waals surface area contributed by atoms with E-state index in [4.69, 9.17) is 4.74 Å². The molecule has 0 bridgehead atoms. The van der Waals surface area contributed by atoms with E-state index in [2.05, 4.69) is 9.97 Å². The highest BCUT2D eigenvalue weighted by atomic mass is 16.6. The highest BCUT2D eigenvalue weighted by molar-refractivity contribution is 6.03. The molecule has 2 aromatic heterocycles. The number of aromatic nitrogens is 2. The highest BCUT2D eigenvalue weighted by Crippen LogP contribution is 2.43. The normalized spacial score (nSPS) is 12.0. The molecular formula is C26H19N3O6. The van der Waals surface area contributed by atoms with Crippen LogP contribution in [0.25, 0.3) is 21.8 Å². The van der Waals surface area contributed by atoms with E-state index < -0.39 is 22.8 Å². The third kappa shape index (κ3) is 3.59. The summed E-state index contributed by atoms with van der Waals surface area (Å²) in [6, 6.07) is 20.3. The second-order valence-electron chi connectivity index (χ2n) is 8.00. The Balaban J connectivity index is 1.91. The van der Waals surface area contributed by atoms with Crippen molar-refractivity contribution in [1.29, 1.82) is 0 Å². The number of nitrogens with zero attached hydrogens (tertiary/aromatic N) is 1. The summed E-state index contributed by atoms with van der Waals surface area (Å²) in [5, 5.41) is 22.7. The Kier molecular flexibility index (Phi) is 5.29. The molecule has 9 heteroatoms. The molecule has 5 aromatic rings. The van der Waals surface area contributed by atoms with Gasteiger partial charge in [-0.2, -0.15) is 0 Å². The summed E-state index contributed by atoms with van der Waals surface area (Å²) in [7, 11) is 1.27. The molecule has 0 fully saturated rings. The third-order valence-corrected chi connectivity index (χ3v) is 6.11. The van der Waals surface area contributed by atoms with Crippen molar-refractivity contribution in [1.82, 2.24) is 9.97 Å². The predicted molar refractivity (Wildman–Crippen MR) is 129 cm³/mol. The first-order valence-electron chi connectivity index (χ1n) is 10.7. The number of carbonyl (C=O) groups is 2. The number of esters is 1. The van der Waals surface area contributed by atoms with Crippen LogP contribution in [-0.2, 0) is 4.74 Å². The van der Waals surface area contributed by atoms with Gasteiger partial charge in [0, 0.05) is 51.0 Å². The summed E-state index contributed by atoms with van der Waals surface area (Å²) in [4.78, 5) is 42.1. The number of hydrogen-bond acceptors (Lipinski definition) is 5. The molecule has 0 spiro atoms. The maximum absolute atomic E-state index is 12.9. The topological polar surface area (TPSA) is 138 Å². The molecule has 0 radical (unpaired) electrons. The maximum atomic E-state index is 12.9. The zero-order chi connectivity index (χ0) is 24.7. The Bertz CT molecular complexity index is 1610.